The summed E-state index contributed by atoms with van der Waals surface area (Å²) in [5.41, 5.74) is 4.94. The van der Waals surface area contributed by atoms with Crippen molar-refractivity contribution in [3.8, 4) is 11.5 Å². The fraction of sp³-hybridized carbons (Fsp3) is 0.211. The minimum Gasteiger partial charge on any atom is -0.508 e. The van der Waals surface area contributed by atoms with E-state index in [-0.39, 0.29) is 24.0 Å². The van der Waals surface area contributed by atoms with E-state index >= 15 is 0 Å². The summed E-state index contributed by atoms with van der Waals surface area (Å²) in [5, 5.41) is 13.4. The van der Waals surface area contributed by atoms with Crippen molar-refractivity contribution in [2.75, 3.05) is 0 Å². The van der Waals surface area contributed by atoms with E-state index < -0.39 is 0 Å². The van der Waals surface area contributed by atoms with Gasteiger partial charge in [0.1, 0.15) is 11.5 Å². The van der Waals surface area contributed by atoms with Crippen LogP contribution in [0.4, 0.5) is 0 Å². The normalized spacial score (nSPS) is 10.6. The molecule has 2 aromatic rings. The number of rotatable bonds is 6. The molecule has 6 heteroatoms. The Kier molecular flexibility index (Phi) is 6.28. The monoisotopic (exact) mass is 340 g/mol. The summed E-state index contributed by atoms with van der Waals surface area (Å²) in [6.45, 7) is 3.33. The smallest absolute Gasteiger partial charge is 0.308 e. The van der Waals surface area contributed by atoms with E-state index in [1.807, 2.05) is 6.92 Å². The molecule has 0 aliphatic heterocycles. The molecule has 0 bridgehead atoms. The maximum absolute atomic E-state index is 11.9. The van der Waals surface area contributed by atoms with Crippen LogP contribution in [0.5, 0.6) is 11.5 Å². The molecule has 2 rings (SSSR count). The van der Waals surface area contributed by atoms with E-state index in [0.717, 1.165) is 17.5 Å². The molecule has 25 heavy (non-hydrogen) atoms. The Bertz CT molecular complexity index is 800. The van der Waals surface area contributed by atoms with E-state index in [1.165, 1.54) is 13.0 Å². The first-order valence-electron chi connectivity index (χ1n) is 7.89. The second-order valence-corrected chi connectivity index (χ2v) is 5.45. The molecule has 1 amide bonds. The second kappa shape index (κ2) is 8.63. The summed E-state index contributed by atoms with van der Waals surface area (Å²) in [4.78, 5) is 22.9. The summed E-state index contributed by atoms with van der Waals surface area (Å²) in [5.74, 6) is -0.0530. The Morgan fingerprint density at radius 1 is 1.24 bits per heavy atom. The summed E-state index contributed by atoms with van der Waals surface area (Å²) in [6.07, 6.45) is 2.40. The zero-order chi connectivity index (χ0) is 18.2. The number of esters is 1. The van der Waals surface area contributed by atoms with Gasteiger partial charge >= 0.3 is 5.97 Å². The van der Waals surface area contributed by atoms with Crippen LogP contribution in [0, 0.1) is 0 Å². The molecule has 0 aromatic heterocycles. The number of phenolic OH excluding ortho intramolecular Hbond substituents is 1. The third-order valence-corrected chi connectivity index (χ3v) is 3.43. The zero-order valence-corrected chi connectivity index (χ0v) is 14.2. The average Bonchev–Trinajstić information content (AvgIpc) is 2.55. The molecule has 0 atom stereocenters. The maximum atomic E-state index is 11.9. The fourth-order valence-electron chi connectivity index (χ4n) is 2.31. The first kappa shape index (κ1) is 18.2. The summed E-state index contributed by atoms with van der Waals surface area (Å²) < 4.78 is 5.06. The molecule has 6 nitrogen and oxygen atoms in total. The summed E-state index contributed by atoms with van der Waals surface area (Å²) in [6, 6.07) is 11.7. The van der Waals surface area contributed by atoms with Gasteiger partial charge in [0.2, 0.25) is 5.91 Å². The Morgan fingerprint density at radius 2 is 2.04 bits per heavy atom. The Hall–Kier alpha value is -3.15. The topological polar surface area (TPSA) is 88.0 Å². The number of nitrogens with one attached hydrogen (secondary N) is 1. The minimum atomic E-state index is -0.373. The lowest BCUT2D eigenvalue weighted by Gasteiger charge is -2.07. The number of ether oxygens (including phenoxy) is 1. The lowest BCUT2D eigenvalue weighted by molar-refractivity contribution is -0.131. The number of benzene rings is 2. The van der Waals surface area contributed by atoms with Crippen LogP contribution in [0.1, 0.15) is 30.5 Å². The van der Waals surface area contributed by atoms with Crippen molar-refractivity contribution < 1.29 is 19.4 Å². The number of hydrogen-bond acceptors (Lipinski definition) is 5. The van der Waals surface area contributed by atoms with Crippen LogP contribution in [0.15, 0.2) is 47.6 Å². The lowest BCUT2D eigenvalue weighted by atomic mass is 10.1. The molecule has 0 saturated carbocycles. The van der Waals surface area contributed by atoms with Crippen LogP contribution in [0.3, 0.4) is 0 Å². The predicted octanol–water partition coefficient (Wildman–Crippen LogP) is 2.57. The highest BCUT2D eigenvalue weighted by Gasteiger charge is 2.05. The van der Waals surface area contributed by atoms with Crippen molar-refractivity contribution in [1.29, 1.82) is 0 Å². The van der Waals surface area contributed by atoms with Gasteiger partial charge in [0.25, 0.3) is 0 Å². The molecule has 130 valence electrons. The van der Waals surface area contributed by atoms with Crippen LogP contribution >= 0.6 is 0 Å². The van der Waals surface area contributed by atoms with E-state index in [4.69, 9.17) is 4.74 Å². The third-order valence-electron chi connectivity index (χ3n) is 3.43. The van der Waals surface area contributed by atoms with Crippen LogP contribution in [0.2, 0.25) is 0 Å². The van der Waals surface area contributed by atoms with E-state index in [1.54, 1.807) is 42.6 Å². The number of hydrazone groups is 1. The lowest BCUT2D eigenvalue weighted by Crippen LogP contribution is -2.19. The van der Waals surface area contributed by atoms with Crippen molar-refractivity contribution >= 4 is 18.1 Å². The molecule has 0 heterocycles. The summed E-state index contributed by atoms with van der Waals surface area (Å²) in [7, 11) is 0. The van der Waals surface area contributed by atoms with Crippen LogP contribution < -0.4 is 10.2 Å². The molecule has 0 aliphatic rings. The molecule has 0 radical (unpaired) electrons. The van der Waals surface area contributed by atoms with Crippen LogP contribution in [-0.4, -0.2) is 23.2 Å². The van der Waals surface area contributed by atoms with Crippen molar-refractivity contribution in [2.24, 2.45) is 5.10 Å². The molecule has 0 spiro atoms. The minimum absolute atomic E-state index is 0.120. The van der Waals surface area contributed by atoms with Crippen molar-refractivity contribution in [2.45, 2.75) is 26.7 Å². The molecular weight excluding hydrogens is 320 g/mol. The van der Waals surface area contributed by atoms with Gasteiger partial charge in [-0.25, -0.2) is 5.43 Å². The Morgan fingerprint density at radius 3 is 2.72 bits per heavy atom. The first-order chi connectivity index (χ1) is 12.0. The number of aromatic hydroxyl groups is 1. The molecular formula is C19H20N2O4. The van der Waals surface area contributed by atoms with Gasteiger partial charge in [-0.3, -0.25) is 9.59 Å². The van der Waals surface area contributed by atoms with Gasteiger partial charge in [0.05, 0.1) is 12.6 Å². The van der Waals surface area contributed by atoms with Gasteiger partial charge < -0.3 is 9.84 Å². The third kappa shape index (κ3) is 5.76. The fourth-order valence-corrected chi connectivity index (χ4v) is 2.31. The van der Waals surface area contributed by atoms with Gasteiger partial charge in [-0.05, 0) is 53.4 Å². The van der Waals surface area contributed by atoms with Crippen molar-refractivity contribution in [3.05, 3.63) is 59.2 Å². The second-order valence-electron chi connectivity index (χ2n) is 5.45. The first-order valence-corrected chi connectivity index (χ1v) is 7.89. The highest BCUT2D eigenvalue weighted by atomic mass is 16.5. The highest BCUT2D eigenvalue weighted by molar-refractivity contribution is 5.85. The van der Waals surface area contributed by atoms with E-state index in [9.17, 15) is 14.7 Å². The number of nitrogens with zero attached hydrogens (tertiary/aromatic N) is 1. The number of hydrogen-bond donors (Lipinski definition) is 2. The number of carbonyl (C=O) groups is 2. The quantitative estimate of drug-likeness (QED) is 0.366. The Labute approximate surface area is 146 Å². The number of phenols is 1. The largest absolute Gasteiger partial charge is 0.508 e. The summed E-state index contributed by atoms with van der Waals surface area (Å²) >= 11 is 0. The van der Waals surface area contributed by atoms with Gasteiger partial charge in [-0.15, -0.1) is 0 Å². The van der Waals surface area contributed by atoms with Crippen molar-refractivity contribution in [1.82, 2.24) is 5.43 Å². The van der Waals surface area contributed by atoms with Crippen LogP contribution in [0.25, 0.3) is 0 Å². The highest BCUT2D eigenvalue weighted by Crippen LogP contribution is 2.17. The standard InChI is InChI=1S/C19H20N2O4/c1-3-15-11-18(25-13(2)22)8-7-16(15)12-20-21-19(24)10-14-5-4-6-17(23)9-14/h4-9,11-12,23H,3,10H2,1-2H3,(H,21,24). The van der Waals surface area contributed by atoms with Gasteiger partial charge in [0.15, 0.2) is 0 Å². The molecule has 0 unspecified atom stereocenters. The SMILES string of the molecule is CCc1cc(OC(C)=O)ccc1C=NNC(=O)Cc1cccc(O)c1. The zero-order valence-electron chi connectivity index (χ0n) is 14.2. The van der Waals surface area contributed by atoms with Gasteiger partial charge in [-0.1, -0.05) is 19.1 Å². The van der Waals surface area contributed by atoms with E-state index in [2.05, 4.69) is 10.5 Å². The van der Waals surface area contributed by atoms with E-state index in [0.29, 0.717) is 11.3 Å². The molecule has 2 aromatic carbocycles. The van der Waals surface area contributed by atoms with Crippen LogP contribution in [-0.2, 0) is 22.4 Å². The number of carbonyl (C=O) groups excluding carboxylic acids is 2. The molecule has 0 aliphatic carbocycles. The molecule has 0 saturated heterocycles. The maximum Gasteiger partial charge on any atom is 0.308 e. The van der Waals surface area contributed by atoms with Gasteiger partial charge in [0, 0.05) is 6.92 Å². The van der Waals surface area contributed by atoms with Gasteiger partial charge in [-0.2, -0.15) is 5.10 Å². The molecule has 2 N–H and O–H groups in total. The van der Waals surface area contributed by atoms with Crippen molar-refractivity contribution in [3.63, 3.8) is 0 Å². The average molecular weight is 340 g/mol. The molecule has 0 fully saturated rings. The number of amides is 1. The Balaban J connectivity index is 1.98. The number of aryl methyl sites for hydroxylation is 1. The predicted molar refractivity (Wildman–Crippen MR) is 94.7 cm³/mol.